The minimum Gasteiger partial charge on any atom is -0.332 e. The average molecular weight is 294 g/mol. The number of nitrogens with two attached hydrogens (primary N) is 1. The zero-order valence-electron chi connectivity index (χ0n) is 11.4. The van der Waals surface area contributed by atoms with Gasteiger partial charge in [-0.1, -0.05) is 6.08 Å². The van der Waals surface area contributed by atoms with E-state index >= 15 is 0 Å². The molecule has 0 saturated heterocycles. The highest BCUT2D eigenvalue weighted by atomic mass is 32.2. The molecule has 0 atom stereocenters. The molecular formula is C14H18N2O3S. The van der Waals surface area contributed by atoms with Gasteiger partial charge in [0.05, 0.1) is 4.90 Å². The van der Waals surface area contributed by atoms with Crippen molar-refractivity contribution >= 4 is 15.9 Å². The van der Waals surface area contributed by atoms with Crippen molar-refractivity contribution in [3.63, 3.8) is 0 Å². The number of hydrogen-bond acceptors (Lipinski definition) is 3. The van der Waals surface area contributed by atoms with E-state index in [1.165, 1.54) is 12.1 Å². The number of amides is 1. The van der Waals surface area contributed by atoms with Gasteiger partial charge in [0.25, 0.3) is 5.91 Å². The van der Waals surface area contributed by atoms with E-state index in [2.05, 4.69) is 6.58 Å². The fourth-order valence-corrected chi connectivity index (χ4v) is 2.77. The topological polar surface area (TPSA) is 80.5 Å². The van der Waals surface area contributed by atoms with Gasteiger partial charge in [0.2, 0.25) is 10.0 Å². The first-order chi connectivity index (χ1) is 9.32. The number of nitrogens with zero attached hydrogens (tertiary/aromatic N) is 1. The van der Waals surface area contributed by atoms with Gasteiger partial charge in [-0.15, -0.1) is 6.58 Å². The average Bonchev–Trinajstić information content (AvgIpc) is 3.17. The van der Waals surface area contributed by atoms with Crippen LogP contribution in [0.3, 0.4) is 0 Å². The number of primary sulfonamides is 1. The summed E-state index contributed by atoms with van der Waals surface area (Å²) >= 11 is 0. The Morgan fingerprint density at radius 2 is 2.10 bits per heavy atom. The van der Waals surface area contributed by atoms with Gasteiger partial charge in [-0.3, -0.25) is 4.79 Å². The van der Waals surface area contributed by atoms with Crippen molar-refractivity contribution < 1.29 is 13.2 Å². The second-order valence-corrected chi connectivity index (χ2v) is 6.62. The fraction of sp³-hybridized carbons (Fsp3) is 0.357. The molecule has 1 aromatic carbocycles. The van der Waals surface area contributed by atoms with Crippen molar-refractivity contribution in [3.05, 3.63) is 42.0 Å². The van der Waals surface area contributed by atoms with Crippen LogP contribution in [0.25, 0.3) is 0 Å². The summed E-state index contributed by atoms with van der Waals surface area (Å²) in [6, 6.07) is 4.71. The van der Waals surface area contributed by atoms with Crippen molar-refractivity contribution in [1.29, 1.82) is 0 Å². The Labute approximate surface area is 119 Å². The lowest BCUT2D eigenvalue weighted by Gasteiger charge is -2.21. The Morgan fingerprint density at radius 1 is 1.45 bits per heavy atom. The molecule has 0 bridgehead atoms. The third-order valence-corrected chi connectivity index (χ3v) is 4.09. The van der Waals surface area contributed by atoms with Crippen LogP contribution < -0.4 is 5.14 Å². The molecule has 2 N–H and O–H groups in total. The molecule has 1 aliphatic carbocycles. The molecule has 5 nitrogen and oxygen atoms in total. The summed E-state index contributed by atoms with van der Waals surface area (Å²) in [5.74, 6) is -0.180. The summed E-state index contributed by atoms with van der Waals surface area (Å²) in [4.78, 5) is 14.2. The van der Waals surface area contributed by atoms with E-state index in [9.17, 15) is 13.2 Å². The maximum absolute atomic E-state index is 12.5. The number of rotatable bonds is 5. The Morgan fingerprint density at radius 3 is 2.60 bits per heavy atom. The molecule has 0 unspecified atom stereocenters. The third kappa shape index (κ3) is 3.26. The van der Waals surface area contributed by atoms with Crippen LogP contribution >= 0.6 is 0 Å². The maximum Gasteiger partial charge on any atom is 0.254 e. The van der Waals surface area contributed by atoms with E-state index in [4.69, 9.17) is 5.14 Å². The smallest absolute Gasteiger partial charge is 0.254 e. The van der Waals surface area contributed by atoms with Gasteiger partial charge in [-0.2, -0.15) is 0 Å². The van der Waals surface area contributed by atoms with Gasteiger partial charge in [0.15, 0.2) is 0 Å². The third-order valence-electron chi connectivity index (χ3n) is 3.20. The van der Waals surface area contributed by atoms with Crippen LogP contribution in [-0.4, -0.2) is 31.8 Å². The number of hydrogen-bond donors (Lipinski definition) is 1. The van der Waals surface area contributed by atoms with Crippen molar-refractivity contribution in [2.75, 3.05) is 6.54 Å². The van der Waals surface area contributed by atoms with Crippen LogP contribution in [-0.2, 0) is 10.0 Å². The summed E-state index contributed by atoms with van der Waals surface area (Å²) in [7, 11) is -3.81. The number of sulfonamides is 1. The summed E-state index contributed by atoms with van der Waals surface area (Å²) in [5.41, 5.74) is 1.04. The van der Waals surface area contributed by atoms with Crippen LogP contribution in [0.2, 0.25) is 0 Å². The number of benzene rings is 1. The molecule has 0 aromatic heterocycles. The molecule has 6 heteroatoms. The molecule has 1 saturated carbocycles. The zero-order valence-corrected chi connectivity index (χ0v) is 12.2. The molecule has 0 spiro atoms. The first kappa shape index (κ1) is 14.7. The summed E-state index contributed by atoms with van der Waals surface area (Å²) in [5, 5.41) is 5.13. The van der Waals surface area contributed by atoms with Crippen LogP contribution in [0.5, 0.6) is 0 Å². The molecule has 1 amide bonds. The summed E-state index contributed by atoms with van der Waals surface area (Å²) < 4.78 is 22.9. The SMILES string of the molecule is C=CCN(C(=O)c1cc(C)cc(S(N)(=O)=O)c1)C1CC1. The molecule has 108 valence electrons. The minimum absolute atomic E-state index is 0.0322. The van der Waals surface area contributed by atoms with E-state index in [1.807, 2.05) is 0 Å². The summed E-state index contributed by atoms with van der Waals surface area (Å²) in [6.45, 7) is 5.85. The minimum atomic E-state index is -3.81. The van der Waals surface area contributed by atoms with Crippen LogP contribution in [0, 0.1) is 6.92 Å². The fourth-order valence-electron chi connectivity index (χ4n) is 2.12. The van der Waals surface area contributed by atoms with E-state index < -0.39 is 10.0 Å². The maximum atomic E-state index is 12.5. The van der Waals surface area contributed by atoms with Gasteiger partial charge in [-0.25, -0.2) is 13.6 Å². The lowest BCUT2D eigenvalue weighted by molar-refractivity contribution is 0.0762. The zero-order chi connectivity index (χ0) is 14.9. The number of aryl methyl sites for hydroxylation is 1. The van der Waals surface area contributed by atoms with Gasteiger partial charge in [0, 0.05) is 18.2 Å². The van der Waals surface area contributed by atoms with E-state index in [0.29, 0.717) is 17.7 Å². The van der Waals surface area contributed by atoms with Gasteiger partial charge in [0.1, 0.15) is 0 Å². The second kappa shape index (κ2) is 5.38. The summed E-state index contributed by atoms with van der Waals surface area (Å²) in [6.07, 6.45) is 3.63. The standard InChI is InChI=1S/C14H18N2O3S/c1-3-6-16(12-4-5-12)14(17)11-7-10(2)8-13(9-11)20(15,18)19/h3,7-9,12H,1,4-6H2,2H3,(H2,15,18,19). The van der Waals surface area contributed by atoms with E-state index in [0.717, 1.165) is 12.8 Å². The highest BCUT2D eigenvalue weighted by Gasteiger charge is 2.32. The molecule has 1 fully saturated rings. The van der Waals surface area contributed by atoms with Gasteiger partial charge < -0.3 is 4.90 Å². The molecule has 0 heterocycles. The largest absolute Gasteiger partial charge is 0.332 e. The highest BCUT2D eigenvalue weighted by molar-refractivity contribution is 7.89. The molecular weight excluding hydrogens is 276 g/mol. The molecule has 0 radical (unpaired) electrons. The lowest BCUT2D eigenvalue weighted by Crippen LogP contribution is -2.33. The predicted octanol–water partition coefficient (Wildman–Crippen LogP) is 1.43. The van der Waals surface area contributed by atoms with Crippen LogP contribution in [0.15, 0.2) is 35.7 Å². The normalized spacial score (nSPS) is 14.9. The molecule has 2 rings (SSSR count). The van der Waals surface area contributed by atoms with Crippen molar-refractivity contribution in [1.82, 2.24) is 4.90 Å². The Kier molecular flexibility index (Phi) is 3.96. The van der Waals surface area contributed by atoms with Gasteiger partial charge >= 0.3 is 0 Å². The van der Waals surface area contributed by atoms with Crippen molar-refractivity contribution in [2.45, 2.75) is 30.7 Å². The van der Waals surface area contributed by atoms with E-state index in [1.54, 1.807) is 24.0 Å². The van der Waals surface area contributed by atoms with Gasteiger partial charge in [-0.05, 0) is 43.5 Å². The number of carbonyl (C=O) groups excluding carboxylic acids is 1. The molecule has 20 heavy (non-hydrogen) atoms. The second-order valence-electron chi connectivity index (χ2n) is 5.06. The van der Waals surface area contributed by atoms with Crippen molar-refractivity contribution in [3.8, 4) is 0 Å². The van der Waals surface area contributed by atoms with Crippen molar-refractivity contribution in [2.24, 2.45) is 5.14 Å². The Bertz CT molecular complexity index is 648. The Balaban J connectivity index is 2.38. The Hall–Kier alpha value is -1.66. The molecule has 1 aromatic rings. The first-order valence-corrected chi connectivity index (χ1v) is 7.94. The van der Waals surface area contributed by atoms with Crippen LogP contribution in [0.1, 0.15) is 28.8 Å². The predicted molar refractivity (Wildman–Crippen MR) is 76.8 cm³/mol. The lowest BCUT2D eigenvalue weighted by atomic mass is 10.1. The molecule has 0 aliphatic heterocycles. The number of carbonyl (C=O) groups is 1. The highest BCUT2D eigenvalue weighted by Crippen LogP contribution is 2.28. The quantitative estimate of drug-likeness (QED) is 0.834. The molecule has 1 aliphatic rings. The monoisotopic (exact) mass is 294 g/mol. The van der Waals surface area contributed by atoms with Crippen LogP contribution in [0.4, 0.5) is 0 Å². The van der Waals surface area contributed by atoms with E-state index in [-0.39, 0.29) is 16.8 Å². The first-order valence-electron chi connectivity index (χ1n) is 6.39.